The van der Waals surface area contributed by atoms with Gasteiger partial charge in [0.25, 0.3) is 5.91 Å². The molecule has 2 aromatic carbocycles. The van der Waals surface area contributed by atoms with Gasteiger partial charge in [0.05, 0.1) is 0 Å². The fourth-order valence-corrected chi connectivity index (χ4v) is 2.43. The van der Waals surface area contributed by atoms with E-state index in [1.165, 1.54) is 5.56 Å². The maximum absolute atomic E-state index is 12.0. The zero-order valence-corrected chi connectivity index (χ0v) is 11.5. The summed E-state index contributed by atoms with van der Waals surface area (Å²) in [5, 5.41) is 0. The number of rotatable bonds is 3. The molecule has 0 aromatic heterocycles. The van der Waals surface area contributed by atoms with Crippen molar-refractivity contribution in [2.45, 2.75) is 12.3 Å². The van der Waals surface area contributed by atoms with Crippen molar-refractivity contribution in [3.8, 4) is 0 Å². The fraction of sp³-hybridized carbons (Fsp3) is 0.176. The minimum atomic E-state index is -0.305. The Morgan fingerprint density at radius 1 is 0.857 bits per heavy atom. The highest BCUT2D eigenvalue weighted by molar-refractivity contribution is 5.95. The second-order valence-electron chi connectivity index (χ2n) is 5.17. The van der Waals surface area contributed by atoms with Crippen molar-refractivity contribution in [1.82, 2.24) is 10.9 Å². The molecule has 0 bridgehead atoms. The second-order valence-corrected chi connectivity index (χ2v) is 5.17. The second kappa shape index (κ2) is 5.79. The lowest BCUT2D eigenvalue weighted by molar-refractivity contribution is -0.123. The lowest BCUT2D eigenvalue weighted by atomic mass is 10.1. The molecule has 4 heteroatoms. The number of carbonyl (C=O) groups is 2. The van der Waals surface area contributed by atoms with Crippen LogP contribution < -0.4 is 10.9 Å². The summed E-state index contributed by atoms with van der Waals surface area (Å²) in [6.07, 6.45) is 0.830. The van der Waals surface area contributed by atoms with Gasteiger partial charge in [-0.15, -0.1) is 0 Å². The molecule has 2 atom stereocenters. The summed E-state index contributed by atoms with van der Waals surface area (Å²) < 4.78 is 0. The smallest absolute Gasteiger partial charge is 0.269 e. The Bertz CT molecular complexity index is 640. The molecule has 2 amide bonds. The van der Waals surface area contributed by atoms with Crippen LogP contribution in [0.4, 0.5) is 0 Å². The predicted molar refractivity (Wildman–Crippen MR) is 79.3 cm³/mol. The standard InChI is InChI=1S/C17H16N2O2/c20-16(13-9-5-2-6-10-13)18-19-17(21)15-11-14(15)12-7-3-1-4-8-12/h1-10,14-15H,11H2,(H,18,20)(H,19,21)/t14-,15+/m1/s1. The van der Waals surface area contributed by atoms with Crippen LogP contribution in [0.1, 0.15) is 28.3 Å². The van der Waals surface area contributed by atoms with E-state index in [2.05, 4.69) is 10.9 Å². The Labute approximate surface area is 123 Å². The third-order valence-corrected chi connectivity index (χ3v) is 3.69. The van der Waals surface area contributed by atoms with Crippen LogP contribution >= 0.6 is 0 Å². The van der Waals surface area contributed by atoms with E-state index in [0.717, 1.165) is 6.42 Å². The molecule has 1 fully saturated rings. The summed E-state index contributed by atoms with van der Waals surface area (Å²) in [6, 6.07) is 18.8. The molecule has 0 saturated heterocycles. The van der Waals surface area contributed by atoms with Crippen LogP contribution in [0.5, 0.6) is 0 Å². The molecular formula is C17H16N2O2. The van der Waals surface area contributed by atoms with Gasteiger partial charge in [0.1, 0.15) is 0 Å². The Hall–Kier alpha value is -2.62. The SMILES string of the molecule is O=C(NNC(=O)[C@H]1C[C@@H]1c1ccccc1)c1ccccc1. The largest absolute Gasteiger partial charge is 0.273 e. The fourth-order valence-electron chi connectivity index (χ4n) is 2.43. The molecule has 0 unspecified atom stereocenters. The van der Waals surface area contributed by atoms with Gasteiger partial charge in [-0.3, -0.25) is 20.4 Å². The van der Waals surface area contributed by atoms with Crippen LogP contribution in [-0.2, 0) is 4.79 Å². The normalized spacial score (nSPS) is 19.6. The zero-order chi connectivity index (χ0) is 14.7. The van der Waals surface area contributed by atoms with E-state index in [4.69, 9.17) is 0 Å². The molecule has 1 saturated carbocycles. The summed E-state index contributed by atoms with van der Waals surface area (Å²) in [5.41, 5.74) is 6.65. The Morgan fingerprint density at radius 2 is 1.48 bits per heavy atom. The van der Waals surface area contributed by atoms with Crippen LogP contribution in [0.3, 0.4) is 0 Å². The van der Waals surface area contributed by atoms with Crippen LogP contribution in [0, 0.1) is 5.92 Å². The van der Waals surface area contributed by atoms with Crippen molar-refractivity contribution >= 4 is 11.8 Å². The van der Waals surface area contributed by atoms with Crippen molar-refractivity contribution in [2.24, 2.45) is 5.92 Å². The van der Waals surface area contributed by atoms with Gasteiger partial charge in [0.2, 0.25) is 5.91 Å². The van der Waals surface area contributed by atoms with E-state index in [-0.39, 0.29) is 23.7 Å². The van der Waals surface area contributed by atoms with Gasteiger partial charge in [-0.05, 0) is 30.0 Å². The monoisotopic (exact) mass is 280 g/mol. The molecule has 0 heterocycles. The molecule has 4 nitrogen and oxygen atoms in total. The van der Waals surface area contributed by atoms with Gasteiger partial charge in [0.15, 0.2) is 0 Å². The minimum Gasteiger partial charge on any atom is -0.273 e. The minimum absolute atomic E-state index is 0.0523. The first kappa shape index (κ1) is 13.4. The molecule has 2 N–H and O–H groups in total. The Morgan fingerprint density at radius 3 is 2.14 bits per heavy atom. The van der Waals surface area contributed by atoms with Crippen molar-refractivity contribution in [3.63, 3.8) is 0 Å². The average molecular weight is 280 g/mol. The lowest BCUT2D eigenvalue weighted by Gasteiger charge is -2.07. The van der Waals surface area contributed by atoms with Gasteiger partial charge in [-0.1, -0.05) is 48.5 Å². The topological polar surface area (TPSA) is 58.2 Å². The third kappa shape index (κ3) is 3.11. The molecule has 0 aliphatic heterocycles. The number of nitrogens with one attached hydrogen (secondary N) is 2. The van der Waals surface area contributed by atoms with E-state index >= 15 is 0 Å². The number of amides is 2. The number of hydrogen-bond donors (Lipinski definition) is 2. The highest BCUT2D eigenvalue weighted by Crippen LogP contribution is 2.47. The van der Waals surface area contributed by atoms with Crippen molar-refractivity contribution in [2.75, 3.05) is 0 Å². The van der Waals surface area contributed by atoms with E-state index < -0.39 is 0 Å². The molecule has 0 spiro atoms. The van der Waals surface area contributed by atoms with Gasteiger partial charge >= 0.3 is 0 Å². The summed E-state index contributed by atoms with van der Waals surface area (Å²) in [6.45, 7) is 0. The van der Waals surface area contributed by atoms with Crippen LogP contribution in [0.2, 0.25) is 0 Å². The average Bonchev–Trinajstić information content (AvgIpc) is 3.35. The molecule has 106 valence electrons. The molecule has 0 radical (unpaired) electrons. The third-order valence-electron chi connectivity index (χ3n) is 3.69. The molecular weight excluding hydrogens is 264 g/mol. The highest BCUT2D eigenvalue weighted by Gasteiger charge is 2.43. The Balaban J connectivity index is 1.51. The molecule has 1 aliphatic rings. The number of carbonyl (C=O) groups excluding carboxylic acids is 2. The predicted octanol–water partition coefficient (Wildman–Crippen LogP) is 2.25. The lowest BCUT2D eigenvalue weighted by Crippen LogP contribution is -2.42. The molecule has 2 aromatic rings. The summed E-state index contributed by atoms with van der Waals surface area (Å²) in [7, 11) is 0. The molecule has 1 aliphatic carbocycles. The van der Waals surface area contributed by atoms with Crippen LogP contribution in [-0.4, -0.2) is 11.8 Å². The van der Waals surface area contributed by atoms with Gasteiger partial charge in [-0.2, -0.15) is 0 Å². The number of benzene rings is 2. The molecule has 3 rings (SSSR count). The van der Waals surface area contributed by atoms with E-state index in [9.17, 15) is 9.59 Å². The van der Waals surface area contributed by atoms with Crippen molar-refractivity contribution in [1.29, 1.82) is 0 Å². The van der Waals surface area contributed by atoms with E-state index in [1.807, 2.05) is 36.4 Å². The maximum atomic E-state index is 12.0. The Kier molecular flexibility index (Phi) is 3.69. The van der Waals surface area contributed by atoms with Crippen LogP contribution in [0.25, 0.3) is 0 Å². The molecule has 21 heavy (non-hydrogen) atoms. The van der Waals surface area contributed by atoms with Gasteiger partial charge < -0.3 is 0 Å². The first-order chi connectivity index (χ1) is 10.3. The van der Waals surface area contributed by atoms with Gasteiger partial charge in [-0.25, -0.2) is 0 Å². The number of hydrogen-bond acceptors (Lipinski definition) is 2. The number of hydrazine groups is 1. The van der Waals surface area contributed by atoms with Crippen molar-refractivity contribution < 1.29 is 9.59 Å². The van der Waals surface area contributed by atoms with Gasteiger partial charge in [0, 0.05) is 11.5 Å². The zero-order valence-electron chi connectivity index (χ0n) is 11.5. The first-order valence-corrected chi connectivity index (χ1v) is 6.96. The van der Waals surface area contributed by atoms with E-state index in [0.29, 0.717) is 5.56 Å². The summed E-state index contributed by atoms with van der Waals surface area (Å²) in [5.74, 6) is -0.225. The van der Waals surface area contributed by atoms with E-state index in [1.54, 1.807) is 24.3 Å². The first-order valence-electron chi connectivity index (χ1n) is 6.96. The highest BCUT2D eigenvalue weighted by atomic mass is 16.2. The summed E-state index contributed by atoms with van der Waals surface area (Å²) >= 11 is 0. The quantitative estimate of drug-likeness (QED) is 0.847. The summed E-state index contributed by atoms with van der Waals surface area (Å²) in [4.78, 5) is 23.8. The van der Waals surface area contributed by atoms with Crippen LogP contribution in [0.15, 0.2) is 60.7 Å². The maximum Gasteiger partial charge on any atom is 0.269 e. The van der Waals surface area contributed by atoms with Crippen molar-refractivity contribution in [3.05, 3.63) is 71.8 Å².